The van der Waals surface area contributed by atoms with E-state index in [1.54, 1.807) is 4.52 Å². The highest BCUT2D eigenvalue weighted by Gasteiger charge is 2.07. The number of nitrogens with zero attached hydrogens (tertiary/aromatic N) is 3. The molecule has 78 valence electrons. The van der Waals surface area contributed by atoms with Gasteiger partial charge in [0.05, 0.1) is 6.42 Å². The smallest absolute Gasteiger partial charge is 0.303 e. The summed E-state index contributed by atoms with van der Waals surface area (Å²) in [5.41, 5.74) is 0.713. The first-order valence-corrected chi connectivity index (χ1v) is 5.18. The quantitative estimate of drug-likeness (QED) is 0.858. The van der Waals surface area contributed by atoms with Crippen LogP contribution in [-0.4, -0.2) is 25.7 Å². The molecular weight excluding hydrogens is 262 g/mol. The van der Waals surface area contributed by atoms with Crippen molar-refractivity contribution >= 4 is 27.5 Å². The van der Waals surface area contributed by atoms with Gasteiger partial charge >= 0.3 is 5.97 Å². The Hall–Kier alpha value is -1.43. The Bertz CT molecular complexity index is 509. The van der Waals surface area contributed by atoms with Crippen LogP contribution in [0.25, 0.3) is 5.65 Å². The molecule has 2 heterocycles. The third kappa shape index (κ3) is 2.15. The molecule has 0 fully saturated rings. The van der Waals surface area contributed by atoms with Gasteiger partial charge in [0.1, 0.15) is 4.60 Å². The van der Waals surface area contributed by atoms with Gasteiger partial charge in [-0.1, -0.05) is 6.07 Å². The fourth-order valence-electron chi connectivity index (χ4n) is 1.24. The number of rotatable bonds is 3. The second-order valence-electron chi connectivity index (χ2n) is 3.04. The van der Waals surface area contributed by atoms with Gasteiger partial charge in [-0.2, -0.15) is 5.10 Å². The summed E-state index contributed by atoms with van der Waals surface area (Å²) >= 11 is 3.33. The summed E-state index contributed by atoms with van der Waals surface area (Å²) in [4.78, 5) is 14.6. The van der Waals surface area contributed by atoms with E-state index in [0.717, 1.165) is 4.60 Å². The van der Waals surface area contributed by atoms with E-state index in [1.807, 2.05) is 18.2 Å². The number of carboxylic acid groups (broad SMARTS) is 1. The number of pyridine rings is 1. The van der Waals surface area contributed by atoms with E-state index >= 15 is 0 Å². The number of carbonyl (C=O) groups is 1. The predicted octanol–water partition coefficient (Wildman–Crippen LogP) is 1.51. The predicted molar refractivity (Wildman–Crippen MR) is 56.6 cm³/mol. The zero-order valence-electron chi connectivity index (χ0n) is 7.72. The Morgan fingerprint density at radius 2 is 2.33 bits per heavy atom. The van der Waals surface area contributed by atoms with Crippen LogP contribution < -0.4 is 0 Å². The van der Waals surface area contributed by atoms with Crippen molar-refractivity contribution in [2.45, 2.75) is 12.8 Å². The third-order valence-corrected chi connectivity index (χ3v) is 2.52. The topological polar surface area (TPSA) is 67.5 Å². The second kappa shape index (κ2) is 3.98. The normalized spacial score (nSPS) is 10.7. The molecule has 6 heteroatoms. The molecule has 0 aromatic carbocycles. The molecular formula is C9H8BrN3O2. The van der Waals surface area contributed by atoms with E-state index in [0.29, 0.717) is 17.9 Å². The lowest BCUT2D eigenvalue weighted by atomic mass is 10.3. The monoisotopic (exact) mass is 269 g/mol. The van der Waals surface area contributed by atoms with Crippen molar-refractivity contribution in [2.24, 2.45) is 0 Å². The van der Waals surface area contributed by atoms with Gasteiger partial charge in [-0.3, -0.25) is 4.79 Å². The molecule has 0 radical (unpaired) electrons. The van der Waals surface area contributed by atoms with E-state index in [4.69, 9.17) is 5.11 Å². The SMILES string of the molecule is O=C(O)CCc1nc2cccc(Br)n2n1. The summed E-state index contributed by atoms with van der Waals surface area (Å²) in [6.45, 7) is 0. The number of fused-ring (bicyclic) bond motifs is 1. The number of hydrogen-bond donors (Lipinski definition) is 1. The zero-order valence-corrected chi connectivity index (χ0v) is 9.31. The van der Waals surface area contributed by atoms with Gasteiger partial charge in [0.15, 0.2) is 11.5 Å². The number of aryl methyl sites for hydroxylation is 1. The molecule has 15 heavy (non-hydrogen) atoms. The average molecular weight is 270 g/mol. The molecule has 5 nitrogen and oxygen atoms in total. The molecule has 2 aromatic heterocycles. The lowest BCUT2D eigenvalue weighted by Gasteiger charge is -1.92. The lowest BCUT2D eigenvalue weighted by Crippen LogP contribution is -1.99. The Kier molecular flexibility index (Phi) is 2.68. The minimum atomic E-state index is -0.840. The van der Waals surface area contributed by atoms with Crippen LogP contribution >= 0.6 is 15.9 Å². The van der Waals surface area contributed by atoms with Gasteiger partial charge in [0.2, 0.25) is 0 Å². The molecule has 0 aliphatic rings. The van der Waals surface area contributed by atoms with Gasteiger partial charge in [0, 0.05) is 6.42 Å². The number of aliphatic carboxylic acids is 1. The minimum absolute atomic E-state index is 0.0501. The molecule has 0 spiro atoms. The second-order valence-corrected chi connectivity index (χ2v) is 3.85. The van der Waals surface area contributed by atoms with E-state index < -0.39 is 5.97 Å². The molecule has 0 aliphatic heterocycles. The maximum absolute atomic E-state index is 10.4. The summed E-state index contributed by atoms with van der Waals surface area (Å²) in [6, 6.07) is 5.53. The zero-order chi connectivity index (χ0) is 10.8. The molecule has 0 saturated carbocycles. The van der Waals surface area contributed by atoms with E-state index in [9.17, 15) is 4.79 Å². The number of hydrogen-bond acceptors (Lipinski definition) is 3. The van der Waals surface area contributed by atoms with Crippen LogP contribution in [0.1, 0.15) is 12.2 Å². The van der Waals surface area contributed by atoms with Gasteiger partial charge in [0.25, 0.3) is 0 Å². The van der Waals surface area contributed by atoms with Crippen LogP contribution in [0.15, 0.2) is 22.8 Å². The lowest BCUT2D eigenvalue weighted by molar-refractivity contribution is -0.137. The van der Waals surface area contributed by atoms with Crippen molar-refractivity contribution in [2.75, 3.05) is 0 Å². The maximum Gasteiger partial charge on any atom is 0.303 e. The van der Waals surface area contributed by atoms with Crippen LogP contribution in [0.2, 0.25) is 0 Å². The molecule has 0 amide bonds. The van der Waals surface area contributed by atoms with E-state index in [2.05, 4.69) is 26.0 Å². The largest absolute Gasteiger partial charge is 0.481 e. The average Bonchev–Trinajstić information content (AvgIpc) is 2.59. The molecule has 2 aromatic rings. The highest BCUT2D eigenvalue weighted by Crippen LogP contribution is 2.12. The van der Waals surface area contributed by atoms with Crippen molar-refractivity contribution in [3.63, 3.8) is 0 Å². The summed E-state index contributed by atoms with van der Waals surface area (Å²) in [6.07, 6.45) is 0.401. The van der Waals surface area contributed by atoms with Crippen LogP contribution in [0, 0.1) is 0 Å². The summed E-state index contributed by atoms with van der Waals surface area (Å²) < 4.78 is 2.44. The van der Waals surface area contributed by atoms with Crippen molar-refractivity contribution < 1.29 is 9.90 Å². The van der Waals surface area contributed by atoms with Crippen molar-refractivity contribution in [3.8, 4) is 0 Å². The first-order valence-electron chi connectivity index (χ1n) is 4.39. The molecule has 0 unspecified atom stereocenters. The van der Waals surface area contributed by atoms with Gasteiger partial charge in [-0.25, -0.2) is 9.50 Å². The van der Waals surface area contributed by atoms with Crippen molar-refractivity contribution in [3.05, 3.63) is 28.6 Å². The van der Waals surface area contributed by atoms with Gasteiger partial charge in [-0.05, 0) is 28.1 Å². The Morgan fingerprint density at radius 3 is 3.00 bits per heavy atom. The van der Waals surface area contributed by atoms with E-state index in [1.165, 1.54) is 0 Å². The highest BCUT2D eigenvalue weighted by molar-refractivity contribution is 9.10. The first kappa shape index (κ1) is 10.1. The summed E-state index contributed by atoms with van der Waals surface area (Å²) in [5.74, 6) is -0.294. The first-order chi connectivity index (χ1) is 7.16. The molecule has 0 atom stereocenters. The number of carboxylic acids is 1. The Labute approximate surface area is 93.9 Å². The van der Waals surface area contributed by atoms with Crippen LogP contribution in [0.4, 0.5) is 0 Å². The Morgan fingerprint density at radius 1 is 1.53 bits per heavy atom. The summed E-state index contributed by atoms with van der Waals surface area (Å²) in [5, 5.41) is 12.7. The third-order valence-electron chi connectivity index (χ3n) is 1.92. The van der Waals surface area contributed by atoms with E-state index in [-0.39, 0.29) is 6.42 Å². The van der Waals surface area contributed by atoms with Crippen LogP contribution in [0.5, 0.6) is 0 Å². The Balaban J connectivity index is 2.31. The molecule has 1 N–H and O–H groups in total. The number of aromatic nitrogens is 3. The summed E-state index contributed by atoms with van der Waals surface area (Å²) in [7, 11) is 0. The van der Waals surface area contributed by atoms with Crippen molar-refractivity contribution in [1.29, 1.82) is 0 Å². The van der Waals surface area contributed by atoms with Crippen molar-refractivity contribution in [1.82, 2.24) is 14.6 Å². The number of halogens is 1. The molecule has 0 aliphatic carbocycles. The van der Waals surface area contributed by atoms with Crippen LogP contribution in [-0.2, 0) is 11.2 Å². The minimum Gasteiger partial charge on any atom is -0.481 e. The fourth-order valence-corrected chi connectivity index (χ4v) is 1.66. The highest BCUT2D eigenvalue weighted by atomic mass is 79.9. The van der Waals surface area contributed by atoms with Gasteiger partial charge in [-0.15, -0.1) is 0 Å². The van der Waals surface area contributed by atoms with Crippen LogP contribution in [0.3, 0.4) is 0 Å². The standard InChI is InChI=1S/C9H8BrN3O2/c10-6-2-1-3-8-11-7(12-13(6)8)4-5-9(14)15/h1-3H,4-5H2,(H,14,15). The molecule has 0 saturated heterocycles. The molecule has 2 rings (SSSR count). The fraction of sp³-hybridized carbons (Fsp3) is 0.222. The van der Waals surface area contributed by atoms with Gasteiger partial charge < -0.3 is 5.11 Å². The molecule has 0 bridgehead atoms. The maximum atomic E-state index is 10.4.